The predicted molar refractivity (Wildman–Crippen MR) is 151 cm³/mol. The number of rotatable bonds is 9. The summed E-state index contributed by atoms with van der Waals surface area (Å²) >= 11 is 0. The third kappa shape index (κ3) is 5.84. The van der Waals surface area contributed by atoms with Crippen LogP contribution >= 0.6 is 0 Å². The van der Waals surface area contributed by atoms with Crippen LogP contribution in [0.15, 0.2) is 48.7 Å². The fourth-order valence-corrected chi connectivity index (χ4v) is 4.97. The van der Waals surface area contributed by atoms with E-state index in [0.717, 1.165) is 12.5 Å². The van der Waals surface area contributed by atoms with Gasteiger partial charge in [-0.15, -0.1) is 0 Å². The molecular weight excluding hydrogens is 613 g/mol. The number of ether oxygens (including phenoxy) is 3. The number of methoxy groups -OCH3 is 1. The van der Waals surface area contributed by atoms with Crippen molar-refractivity contribution < 1.29 is 41.0 Å². The molecular formula is C32H22F5N5O4. The summed E-state index contributed by atoms with van der Waals surface area (Å²) in [6.45, 7) is 0.322. The zero-order chi connectivity index (χ0) is 32.5. The van der Waals surface area contributed by atoms with Crippen molar-refractivity contribution in [3.63, 3.8) is 0 Å². The second-order valence-corrected chi connectivity index (χ2v) is 10.4. The van der Waals surface area contributed by atoms with Crippen LogP contribution in [-0.2, 0) is 29.0 Å². The first kappa shape index (κ1) is 30.6. The van der Waals surface area contributed by atoms with Gasteiger partial charge in [-0.3, -0.25) is 0 Å². The van der Waals surface area contributed by atoms with Crippen LogP contribution in [0.4, 0.5) is 22.0 Å². The van der Waals surface area contributed by atoms with E-state index in [1.54, 1.807) is 22.8 Å². The Morgan fingerprint density at radius 2 is 1.85 bits per heavy atom. The molecule has 1 aliphatic rings. The number of fused-ring (bicyclic) bond motifs is 1. The Hall–Kier alpha value is -5.42. The van der Waals surface area contributed by atoms with E-state index in [9.17, 15) is 13.6 Å². The van der Waals surface area contributed by atoms with Gasteiger partial charge in [0.05, 0.1) is 59.7 Å². The van der Waals surface area contributed by atoms with E-state index in [-0.39, 0.29) is 35.2 Å². The van der Waals surface area contributed by atoms with Crippen LogP contribution in [0.5, 0.6) is 5.88 Å². The Morgan fingerprint density at radius 1 is 1.04 bits per heavy atom. The van der Waals surface area contributed by atoms with E-state index in [2.05, 4.69) is 15.0 Å². The van der Waals surface area contributed by atoms with E-state index >= 15 is 13.2 Å². The van der Waals surface area contributed by atoms with Gasteiger partial charge in [0.25, 0.3) is 5.88 Å². The maximum Gasteiger partial charge on any atom is 0.337 e. The molecule has 46 heavy (non-hydrogen) atoms. The minimum absolute atomic E-state index is 0.0254. The fraction of sp³-hybridized carbons (Fsp3) is 0.219. The Bertz CT molecular complexity index is 2040. The average molecular weight is 636 g/mol. The van der Waals surface area contributed by atoms with Crippen LogP contribution in [0.3, 0.4) is 0 Å². The lowest BCUT2D eigenvalue weighted by Crippen LogP contribution is -2.31. The molecule has 5 aromatic rings. The van der Waals surface area contributed by atoms with Crippen LogP contribution in [-0.4, -0.2) is 45.3 Å². The summed E-state index contributed by atoms with van der Waals surface area (Å²) in [5.41, 5.74) is -0.107. The van der Waals surface area contributed by atoms with Crippen molar-refractivity contribution in [2.24, 2.45) is 0 Å². The van der Waals surface area contributed by atoms with Gasteiger partial charge in [0.2, 0.25) is 5.82 Å². The maximum absolute atomic E-state index is 15.5. The molecule has 0 amide bonds. The van der Waals surface area contributed by atoms with Gasteiger partial charge in [0, 0.05) is 24.2 Å². The molecule has 6 rings (SSSR count). The van der Waals surface area contributed by atoms with Gasteiger partial charge in [-0.25, -0.2) is 32.3 Å². The Kier molecular flexibility index (Phi) is 8.33. The minimum atomic E-state index is -1.53. The number of hydrogen-bond acceptors (Lipinski definition) is 8. The van der Waals surface area contributed by atoms with Crippen molar-refractivity contribution in [1.29, 1.82) is 5.26 Å². The van der Waals surface area contributed by atoms with E-state index in [4.69, 9.17) is 19.5 Å². The van der Waals surface area contributed by atoms with E-state index in [0.29, 0.717) is 29.9 Å². The van der Waals surface area contributed by atoms with Crippen LogP contribution in [0.25, 0.3) is 22.4 Å². The van der Waals surface area contributed by atoms with Gasteiger partial charge in [-0.05, 0) is 42.8 Å². The van der Waals surface area contributed by atoms with Crippen LogP contribution < -0.4 is 4.74 Å². The lowest BCUT2D eigenvalue weighted by molar-refractivity contribution is -0.0589. The number of carbonyl (C=O) groups excluding carboxylic acids is 1. The monoisotopic (exact) mass is 635 g/mol. The van der Waals surface area contributed by atoms with Gasteiger partial charge >= 0.3 is 5.97 Å². The summed E-state index contributed by atoms with van der Waals surface area (Å²) in [7, 11) is 1.24. The molecule has 0 N–H and O–H groups in total. The van der Waals surface area contributed by atoms with Crippen LogP contribution in [0.1, 0.15) is 39.3 Å². The van der Waals surface area contributed by atoms with Gasteiger partial charge < -0.3 is 18.8 Å². The highest BCUT2D eigenvalue weighted by Crippen LogP contribution is 2.31. The topological polar surface area (TPSA) is 112 Å². The summed E-state index contributed by atoms with van der Waals surface area (Å²) < 4.78 is 92.4. The molecule has 1 fully saturated rings. The first-order valence-corrected chi connectivity index (χ1v) is 13.9. The quantitative estimate of drug-likeness (QED) is 0.113. The van der Waals surface area contributed by atoms with Crippen molar-refractivity contribution in [2.45, 2.75) is 32.1 Å². The molecule has 9 nitrogen and oxygen atoms in total. The molecule has 14 heteroatoms. The standard InChI is InChI=1S/C32H22F5N5O4/c1-44-32(43)17-4-5-25-26(9-17)42(14-19-6-7-45-19)27(40-25)11-20-23(34)10-21(29(37)28(20)36)30-39-13-24(35)31(41-30)46-15-18-3-2-16(12-38)8-22(18)33/h2-5,8-10,13,19H,6-7,11,14-15H2,1H3/t19-/m0/s1. The number of imidazole rings is 1. The SMILES string of the molecule is COC(=O)c1ccc2nc(Cc3c(F)cc(-c4ncc(F)c(OCc5ccc(C#N)cc5F)n4)c(F)c3F)n(C[C@@H]3CCO3)c2c1. The molecule has 3 heterocycles. The van der Waals surface area contributed by atoms with Gasteiger partial charge in [0.15, 0.2) is 17.5 Å². The number of esters is 1. The van der Waals surface area contributed by atoms with Crippen molar-refractivity contribution in [2.75, 3.05) is 13.7 Å². The highest BCUT2D eigenvalue weighted by molar-refractivity contribution is 5.93. The third-order valence-electron chi connectivity index (χ3n) is 7.52. The van der Waals surface area contributed by atoms with Gasteiger partial charge in [-0.1, -0.05) is 6.07 Å². The summed E-state index contributed by atoms with van der Waals surface area (Å²) in [6, 6.07) is 10.7. The second-order valence-electron chi connectivity index (χ2n) is 10.4. The van der Waals surface area contributed by atoms with Crippen LogP contribution in [0.2, 0.25) is 0 Å². The van der Waals surface area contributed by atoms with Crippen molar-refractivity contribution in [3.05, 3.63) is 106 Å². The normalized spacial score (nSPS) is 14.2. The largest absolute Gasteiger partial charge is 0.471 e. The molecule has 0 bridgehead atoms. The zero-order valence-electron chi connectivity index (χ0n) is 24.0. The Morgan fingerprint density at radius 3 is 2.54 bits per heavy atom. The fourth-order valence-electron chi connectivity index (χ4n) is 4.97. The predicted octanol–water partition coefficient (Wildman–Crippen LogP) is 5.81. The number of aromatic nitrogens is 4. The van der Waals surface area contributed by atoms with Gasteiger partial charge in [-0.2, -0.15) is 14.6 Å². The molecule has 2 aromatic heterocycles. The summed E-state index contributed by atoms with van der Waals surface area (Å²) in [5, 5.41) is 8.89. The summed E-state index contributed by atoms with van der Waals surface area (Å²) in [5.74, 6) is -7.70. The van der Waals surface area contributed by atoms with Crippen molar-refractivity contribution in [3.8, 4) is 23.3 Å². The number of nitrogens with zero attached hydrogens (tertiary/aromatic N) is 5. The molecule has 0 aliphatic carbocycles. The number of halogens is 5. The molecule has 0 spiro atoms. The van der Waals surface area contributed by atoms with E-state index < -0.39 is 70.9 Å². The zero-order valence-corrected chi connectivity index (χ0v) is 24.0. The van der Waals surface area contributed by atoms with Crippen molar-refractivity contribution >= 4 is 17.0 Å². The molecule has 3 aromatic carbocycles. The smallest absolute Gasteiger partial charge is 0.337 e. The highest BCUT2D eigenvalue weighted by Gasteiger charge is 2.27. The summed E-state index contributed by atoms with van der Waals surface area (Å²) in [6.07, 6.45) is 0.725. The molecule has 1 saturated heterocycles. The number of carbonyl (C=O) groups is 1. The minimum Gasteiger partial charge on any atom is -0.471 e. The number of hydrogen-bond donors (Lipinski definition) is 0. The second kappa shape index (κ2) is 12.5. The van der Waals surface area contributed by atoms with Crippen molar-refractivity contribution in [1.82, 2.24) is 19.5 Å². The molecule has 1 aliphatic heterocycles. The Balaban J connectivity index is 1.31. The summed E-state index contributed by atoms with van der Waals surface area (Å²) in [4.78, 5) is 24.1. The lowest BCUT2D eigenvalue weighted by atomic mass is 10.0. The van der Waals surface area contributed by atoms with Crippen LogP contribution in [0, 0.1) is 40.4 Å². The number of benzene rings is 3. The third-order valence-corrected chi connectivity index (χ3v) is 7.52. The Labute approximate surface area is 257 Å². The molecule has 0 unspecified atom stereocenters. The lowest BCUT2D eigenvalue weighted by Gasteiger charge is -2.27. The average Bonchev–Trinajstić information content (AvgIpc) is 3.38. The van der Waals surface area contributed by atoms with E-state index in [1.165, 1.54) is 25.3 Å². The maximum atomic E-state index is 15.5. The first-order valence-electron chi connectivity index (χ1n) is 13.9. The first-order chi connectivity index (χ1) is 22.2. The highest BCUT2D eigenvalue weighted by atomic mass is 19.2. The molecule has 1 atom stereocenters. The molecule has 234 valence electrons. The van der Waals surface area contributed by atoms with E-state index in [1.807, 2.05) is 0 Å². The molecule has 0 saturated carbocycles. The van der Waals surface area contributed by atoms with Gasteiger partial charge in [0.1, 0.15) is 24.1 Å². The number of nitriles is 1. The molecule has 0 radical (unpaired) electrons.